The number of rotatable bonds is 3. The van der Waals surface area contributed by atoms with Gasteiger partial charge in [-0.15, -0.1) is 23.2 Å². The zero-order valence-electron chi connectivity index (χ0n) is 14.0. The van der Waals surface area contributed by atoms with Gasteiger partial charge in [0.05, 0.1) is 0 Å². The van der Waals surface area contributed by atoms with Crippen LogP contribution < -0.4 is 11.1 Å². The molecule has 0 fully saturated rings. The largest absolute Gasteiger partial charge is 0.399 e. The van der Waals surface area contributed by atoms with Crippen molar-refractivity contribution in [2.75, 3.05) is 11.1 Å². The molecule has 0 aliphatic rings. The van der Waals surface area contributed by atoms with Crippen molar-refractivity contribution >= 4 is 57.3 Å². The summed E-state index contributed by atoms with van der Waals surface area (Å²) < 4.78 is 0. The van der Waals surface area contributed by atoms with E-state index in [9.17, 15) is 9.59 Å². The number of benzene rings is 2. The van der Waals surface area contributed by atoms with E-state index in [4.69, 9.17) is 40.5 Å². The van der Waals surface area contributed by atoms with Crippen molar-refractivity contribution < 1.29 is 9.59 Å². The number of nitrogens with one attached hydrogen (secondary N) is 1. The molecule has 0 spiro atoms. The highest BCUT2D eigenvalue weighted by Crippen LogP contribution is 2.06. The predicted octanol–water partition coefficient (Wildman–Crippen LogP) is 4.90. The van der Waals surface area contributed by atoms with Gasteiger partial charge in [-0.3, -0.25) is 9.59 Å². The van der Waals surface area contributed by atoms with Gasteiger partial charge in [-0.1, -0.05) is 36.4 Å². The van der Waals surface area contributed by atoms with Crippen LogP contribution in [0.1, 0.15) is 13.8 Å². The molecule has 0 bridgehead atoms. The molecular weight excluding hydrogens is 383 g/mol. The highest BCUT2D eigenvalue weighted by atomic mass is 35.5. The number of hydrogen-bond donors (Lipinski definition) is 2. The van der Waals surface area contributed by atoms with Gasteiger partial charge in [0.2, 0.25) is 11.1 Å². The molecule has 0 aliphatic heterocycles. The fraction of sp³-hybridized carbons (Fsp3) is 0.222. The van der Waals surface area contributed by atoms with E-state index in [1.54, 1.807) is 6.92 Å². The van der Waals surface area contributed by atoms with Crippen LogP contribution in [0, 0.1) is 0 Å². The molecule has 7 heteroatoms. The molecule has 0 saturated heterocycles. The fourth-order valence-electron chi connectivity index (χ4n) is 1.22. The van der Waals surface area contributed by atoms with Gasteiger partial charge in [-0.05, 0) is 49.7 Å². The maximum atomic E-state index is 11.1. The number of alkyl halides is 2. The van der Waals surface area contributed by atoms with Crippen molar-refractivity contribution in [1.82, 2.24) is 0 Å². The molecule has 25 heavy (non-hydrogen) atoms. The number of carbonyl (C=O) groups excluding carboxylic acids is 2. The summed E-state index contributed by atoms with van der Waals surface area (Å²) in [6, 6.07) is 18.7. The summed E-state index contributed by atoms with van der Waals surface area (Å²) in [5, 5.41) is 1.12. The van der Waals surface area contributed by atoms with Gasteiger partial charge in [0.25, 0.3) is 0 Å². The Morgan fingerprint density at radius 3 is 1.56 bits per heavy atom. The van der Waals surface area contributed by atoms with Crippen LogP contribution in [0.15, 0.2) is 60.7 Å². The van der Waals surface area contributed by atoms with Crippen LogP contribution in [0.3, 0.4) is 0 Å². The summed E-state index contributed by atoms with van der Waals surface area (Å²) in [5.41, 5.74) is 6.95. The van der Waals surface area contributed by atoms with E-state index >= 15 is 0 Å². The molecule has 0 heterocycles. The first-order chi connectivity index (χ1) is 11.7. The summed E-state index contributed by atoms with van der Waals surface area (Å²) in [6.45, 7) is 3.16. The van der Waals surface area contributed by atoms with E-state index in [0.29, 0.717) is 0 Å². The van der Waals surface area contributed by atoms with Crippen LogP contribution in [0.4, 0.5) is 11.4 Å². The minimum absolute atomic E-state index is 0.178. The lowest BCUT2D eigenvalue weighted by atomic mass is 10.3. The number of amides is 1. The summed E-state index contributed by atoms with van der Waals surface area (Å²) in [4.78, 5) is 20.8. The van der Waals surface area contributed by atoms with Crippen LogP contribution in [-0.4, -0.2) is 21.9 Å². The zero-order chi connectivity index (χ0) is 19.2. The zero-order valence-corrected chi connectivity index (χ0v) is 16.2. The predicted molar refractivity (Wildman–Crippen MR) is 107 cm³/mol. The first-order valence-electron chi connectivity index (χ1n) is 7.38. The van der Waals surface area contributed by atoms with Crippen molar-refractivity contribution in [3.05, 3.63) is 60.7 Å². The fourth-order valence-corrected chi connectivity index (χ4v) is 1.27. The molecule has 2 rings (SSSR count). The Balaban J connectivity index is 0.000000378. The Bertz CT molecular complexity index is 621. The molecule has 0 radical (unpaired) electrons. The van der Waals surface area contributed by atoms with Crippen LogP contribution in [-0.2, 0) is 9.59 Å². The van der Waals surface area contributed by atoms with E-state index in [-0.39, 0.29) is 5.91 Å². The molecule has 136 valence electrons. The molecule has 2 unspecified atom stereocenters. The van der Waals surface area contributed by atoms with E-state index in [2.05, 4.69) is 5.32 Å². The SMILES string of the molecule is CC(Cl)C(=O)Cl.CC(Cl)C(=O)Nc1ccccc1.Nc1ccccc1. The third-order valence-corrected chi connectivity index (χ3v) is 3.35. The normalized spacial score (nSPS) is 11.6. The van der Waals surface area contributed by atoms with Gasteiger partial charge in [0.15, 0.2) is 0 Å². The number of anilines is 2. The monoisotopic (exact) mass is 402 g/mol. The van der Waals surface area contributed by atoms with E-state index in [1.807, 2.05) is 60.7 Å². The van der Waals surface area contributed by atoms with Crippen molar-refractivity contribution in [2.24, 2.45) is 0 Å². The van der Waals surface area contributed by atoms with Gasteiger partial charge in [-0.25, -0.2) is 0 Å². The average molecular weight is 404 g/mol. The maximum Gasteiger partial charge on any atom is 0.242 e. The van der Waals surface area contributed by atoms with Crippen molar-refractivity contribution in [2.45, 2.75) is 24.6 Å². The van der Waals surface area contributed by atoms with Crippen molar-refractivity contribution in [1.29, 1.82) is 0 Å². The first-order valence-corrected chi connectivity index (χ1v) is 8.63. The number of para-hydroxylation sites is 2. The molecule has 0 aromatic heterocycles. The van der Waals surface area contributed by atoms with Crippen molar-refractivity contribution in [3.63, 3.8) is 0 Å². The lowest BCUT2D eigenvalue weighted by Gasteiger charge is -2.04. The van der Waals surface area contributed by atoms with Crippen molar-refractivity contribution in [3.8, 4) is 0 Å². The third-order valence-electron chi connectivity index (χ3n) is 2.51. The number of nitrogens with two attached hydrogens (primary N) is 1. The van der Waals surface area contributed by atoms with Gasteiger partial charge < -0.3 is 11.1 Å². The molecule has 0 saturated carbocycles. The van der Waals surface area contributed by atoms with Crippen LogP contribution in [0.25, 0.3) is 0 Å². The van der Waals surface area contributed by atoms with E-state index in [1.165, 1.54) is 6.92 Å². The topological polar surface area (TPSA) is 72.2 Å². The van der Waals surface area contributed by atoms with Gasteiger partial charge >= 0.3 is 0 Å². The molecule has 4 nitrogen and oxygen atoms in total. The highest BCUT2D eigenvalue weighted by Gasteiger charge is 2.07. The van der Waals surface area contributed by atoms with Gasteiger partial charge in [0, 0.05) is 11.4 Å². The Hall–Kier alpha value is -1.75. The summed E-state index contributed by atoms with van der Waals surface area (Å²) in [7, 11) is 0. The van der Waals surface area contributed by atoms with E-state index < -0.39 is 16.0 Å². The van der Waals surface area contributed by atoms with E-state index in [0.717, 1.165) is 11.4 Å². The lowest BCUT2D eigenvalue weighted by Crippen LogP contribution is -2.20. The second-order valence-electron chi connectivity index (χ2n) is 4.80. The van der Waals surface area contributed by atoms with Crippen LogP contribution >= 0.6 is 34.8 Å². The number of carbonyl (C=O) groups is 2. The lowest BCUT2D eigenvalue weighted by molar-refractivity contribution is -0.115. The highest BCUT2D eigenvalue weighted by molar-refractivity contribution is 6.69. The molecule has 2 aromatic carbocycles. The Morgan fingerprint density at radius 2 is 1.28 bits per heavy atom. The Kier molecular flexibility index (Phi) is 12.6. The van der Waals surface area contributed by atoms with Gasteiger partial charge in [0.1, 0.15) is 10.8 Å². The second kappa shape index (κ2) is 13.5. The quantitative estimate of drug-likeness (QED) is 0.435. The number of hydrogen-bond acceptors (Lipinski definition) is 3. The number of halogens is 3. The maximum absolute atomic E-state index is 11.1. The minimum Gasteiger partial charge on any atom is -0.399 e. The summed E-state index contributed by atoms with van der Waals surface area (Å²) in [5.74, 6) is -0.178. The molecule has 0 aliphatic carbocycles. The Labute approximate surface area is 163 Å². The second-order valence-corrected chi connectivity index (χ2v) is 6.48. The molecule has 1 amide bonds. The van der Waals surface area contributed by atoms with Crippen LogP contribution in [0.2, 0.25) is 0 Å². The smallest absolute Gasteiger partial charge is 0.242 e. The number of nitrogen functional groups attached to an aromatic ring is 1. The molecule has 2 atom stereocenters. The summed E-state index contributed by atoms with van der Waals surface area (Å²) >= 11 is 15.5. The average Bonchev–Trinajstić information content (AvgIpc) is 2.57. The first kappa shape index (κ1) is 23.2. The molecular formula is C18H21Cl3N2O2. The minimum atomic E-state index is -0.549. The molecule has 3 N–H and O–H groups in total. The summed E-state index contributed by atoms with van der Waals surface area (Å²) in [6.07, 6.45) is 0. The van der Waals surface area contributed by atoms with Crippen LogP contribution in [0.5, 0.6) is 0 Å². The Morgan fingerprint density at radius 1 is 0.880 bits per heavy atom. The standard InChI is InChI=1S/C9H10ClNO.C6H7N.C3H4Cl2O/c1-7(10)9(12)11-8-5-3-2-4-6-8;7-6-4-2-1-3-5-6;1-2(4)3(5)6/h2-7H,1H3,(H,11,12);1-5H,7H2;2H,1H3. The molecule has 2 aromatic rings. The van der Waals surface area contributed by atoms with Gasteiger partial charge in [-0.2, -0.15) is 0 Å². The third kappa shape index (κ3) is 13.2.